The van der Waals surface area contributed by atoms with Crippen molar-refractivity contribution in [3.63, 3.8) is 0 Å². The Morgan fingerprint density at radius 1 is 1.00 bits per heavy atom. The third-order valence-corrected chi connectivity index (χ3v) is 7.80. The van der Waals surface area contributed by atoms with Gasteiger partial charge in [0.15, 0.2) is 5.78 Å². The van der Waals surface area contributed by atoms with Gasteiger partial charge in [-0.05, 0) is 82.1 Å². The van der Waals surface area contributed by atoms with E-state index in [2.05, 4.69) is 9.97 Å². The number of carbonyl (C=O) groups excluding carboxylic acids is 1. The van der Waals surface area contributed by atoms with Crippen LogP contribution in [0.1, 0.15) is 44.9 Å². The van der Waals surface area contributed by atoms with Crippen LogP contribution in [-0.2, 0) is 9.53 Å². The number of hydrogen-bond acceptors (Lipinski definition) is 7. The van der Waals surface area contributed by atoms with Gasteiger partial charge < -0.3 is 9.47 Å². The van der Waals surface area contributed by atoms with Gasteiger partial charge in [-0.1, -0.05) is 23.7 Å². The molecule has 0 amide bonds. The summed E-state index contributed by atoms with van der Waals surface area (Å²) in [4.78, 5) is 26.9. The molecule has 8 heteroatoms. The van der Waals surface area contributed by atoms with Crippen molar-refractivity contribution in [3.8, 4) is 38.7 Å². The standard InChI is InChI=1S/C32H30ClN3O3S/c1-18-13-26-30(28(20-7-9-23(33)10-8-20)27(18)29(19(2)37)39-32(3,4)5)40-31(36-26)21-11-12-35-25(15-21)22-14-24(38-6)17-34-16-22/h7-17,29H,1-6H3/t29-/m1/s1. The Hall–Kier alpha value is -3.65. The first kappa shape index (κ1) is 27.9. The van der Waals surface area contributed by atoms with Gasteiger partial charge in [0.2, 0.25) is 0 Å². The molecule has 6 nitrogen and oxygen atoms in total. The highest BCUT2D eigenvalue weighted by Crippen LogP contribution is 2.44. The van der Waals surface area contributed by atoms with Crippen LogP contribution in [0.4, 0.5) is 0 Å². The molecule has 3 aromatic heterocycles. The highest BCUT2D eigenvalue weighted by molar-refractivity contribution is 7.22. The molecule has 40 heavy (non-hydrogen) atoms. The molecule has 0 N–H and O–H groups in total. The average molecular weight is 572 g/mol. The van der Waals surface area contributed by atoms with Crippen LogP contribution in [0.25, 0.3) is 43.2 Å². The number of rotatable bonds is 7. The Morgan fingerprint density at radius 3 is 2.42 bits per heavy atom. The Morgan fingerprint density at radius 2 is 1.75 bits per heavy atom. The maximum atomic E-state index is 13.0. The second kappa shape index (κ2) is 11.1. The van der Waals surface area contributed by atoms with Gasteiger partial charge in [-0.15, -0.1) is 11.3 Å². The number of ketones is 1. The van der Waals surface area contributed by atoms with Gasteiger partial charge in [-0.2, -0.15) is 0 Å². The fraction of sp³-hybridized carbons (Fsp3) is 0.250. The monoisotopic (exact) mass is 571 g/mol. The number of ether oxygens (including phenoxy) is 2. The number of carbonyl (C=O) groups is 1. The SMILES string of the molecule is COc1cncc(-c2cc(-c3nc4cc(C)c([C@H](OC(C)(C)C)C(C)=O)c(-c5ccc(Cl)cc5)c4s3)ccn2)c1. The Bertz CT molecular complexity index is 1710. The van der Waals surface area contributed by atoms with Gasteiger partial charge in [-0.3, -0.25) is 14.8 Å². The van der Waals surface area contributed by atoms with E-state index in [4.69, 9.17) is 26.1 Å². The van der Waals surface area contributed by atoms with E-state index in [0.717, 1.165) is 54.3 Å². The highest BCUT2D eigenvalue weighted by atomic mass is 35.5. The molecule has 204 valence electrons. The van der Waals surface area contributed by atoms with Gasteiger partial charge in [0.1, 0.15) is 16.9 Å². The van der Waals surface area contributed by atoms with Crippen molar-refractivity contribution < 1.29 is 14.3 Å². The van der Waals surface area contributed by atoms with E-state index in [-0.39, 0.29) is 5.78 Å². The molecule has 3 heterocycles. The number of aryl methyl sites for hydroxylation is 1. The highest BCUT2D eigenvalue weighted by Gasteiger charge is 2.30. The number of methoxy groups -OCH3 is 1. The predicted molar refractivity (Wildman–Crippen MR) is 162 cm³/mol. The molecule has 0 radical (unpaired) electrons. The molecule has 2 aromatic carbocycles. The molecule has 0 aliphatic heterocycles. The van der Waals surface area contributed by atoms with Crippen molar-refractivity contribution in [1.82, 2.24) is 15.0 Å². The second-order valence-electron chi connectivity index (χ2n) is 10.6. The summed E-state index contributed by atoms with van der Waals surface area (Å²) in [6.07, 6.45) is 4.47. The lowest BCUT2D eigenvalue weighted by molar-refractivity contribution is -0.138. The lowest BCUT2D eigenvalue weighted by atomic mass is 9.90. The van der Waals surface area contributed by atoms with Crippen molar-refractivity contribution >= 4 is 38.9 Å². The van der Waals surface area contributed by atoms with E-state index in [9.17, 15) is 4.79 Å². The number of halogens is 1. The molecule has 0 unspecified atom stereocenters. The fourth-order valence-electron chi connectivity index (χ4n) is 4.67. The summed E-state index contributed by atoms with van der Waals surface area (Å²) < 4.78 is 12.7. The number of hydrogen-bond donors (Lipinski definition) is 0. The molecule has 0 fully saturated rings. The van der Waals surface area contributed by atoms with Crippen LogP contribution in [0.2, 0.25) is 5.02 Å². The summed E-state index contributed by atoms with van der Waals surface area (Å²) in [5, 5.41) is 1.49. The van der Waals surface area contributed by atoms with E-state index >= 15 is 0 Å². The fourth-order valence-corrected chi connectivity index (χ4v) is 5.91. The normalized spacial score (nSPS) is 12.5. The molecule has 0 aliphatic carbocycles. The minimum absolute atomic E-state index is 0.0528. The molecule has 5 rings (SSSR count). The van der Waals surface area contributed by atoms with Crippen LogP contribution in [-0.4, -0.2) is 33.4 Å². The summed E-state index contributed by atoms with van der Waals surface area (Å²) in [7, 11) is 1.61. The number of Topliss-reactive ketones (excluding diaryl/α,β-unsaturated/α-hetero) is 1. The zero-order valence-electron chi connectivity index (χ0n) is 23.3. The summed E-state index contributed by atoms with van der Waals surface area (Å²) in [6, 6.07) is 15.6. The lowest BCUT2D eigenvalue weighted by Crippen LogP contribution is -2.27. The average Bonchev–Trinajstić information content (AvgIpc) is 3.35. The van der Waals surface area contributed by atoms with Crippen LogP contribution in [0.15, 0.2) is 67.1 Å². The van der Waals surface area contributed by atoms with Crippen molar-refractivity contribution in [1.29, 1.82) is 0 Å². The molecular formula is C32H30ClN3O3S. The Kier molecular flexibility index (Phi) is 7.73. The maximum absolute atomic E-state index is 13.0. The third-order valence-electron chi connectivity index (χ3n) is 6.42. The van der Waals surface area contributed by atoms with E-state index in [1.165, 1.54) is 0 Å². The first-order valence-corrected chi connectivity index (χ1v) is 14.1. The zero-order chi connectivity index (χ0) is 28.6. The minimum atomic E-state index is -0.728. The molecule has 0 bridgehead atoms. The van der Waals surface area contributed by atoms with Crippen molar-refractivity contribution in [3.05, 3.63) is 83.3 Å². The molecule has 5 aromatic rings. The Labute approximate surface area is 243 Å². The van der Waals surface area contributed by atoms with E-state index in [1.54, 1.807) is 44.0 Å². The largest absolute Gasteiger partial charge is 0.495 e. The van der Waals surface area contributed by atoms with Gasteiger partial charge in [0.05, 0.1) is 34.8 Å². The van der Waals surface area contributed by atoms with E-state index in [0.29, 0.717) is 10.8 Å². The maximum Gasteiger partial charge on any atom is 0.163 e. The number of thiazole rings is 1. The minimum Gasteiger partial charge on any atom is -0.495 e. The van der Waals surface area contributed by atoms with Crippen LogP contribution in [0.5, 0.6) is 5.75 Å². The number of pyridine rings is 2. The predicted octanol–water partition coefficient (Wildman–Crippen LogP) is 8.50. The van der Waals surface area contributed by atoms with Crippen molar-refractivity contribution in [2.45, 2.75) is 46.3 Å². The third kappa shape index (κ3) is 5.77. The Balaban J connectivity index is 1.72. The van der Waals surface area contributed by atoms with Gasteiger partial charge in [-0.25, -0.2) is 4.98 Å². The summed E-state index contributed by atoms with van der Waals surface area (Å²) in [5.74, 6) is 0.612. The molecule has 0 aliphatic rings. The molecule has 0 saturated heterocycles. The van der Waals surface area contributed by atoms with Crippen LogP contribution < -0.4 is 4.74 Å². The topological polar surface area (TPSA) is 74.2 Å². The quantitative estimate of drug-likeness (QED) is 0.195. The van der Waals surface area contributed by atoms with Crippen LogP contribution in [0.3, 0.4) is 0 Å². The van der Waals surface area contributed by atoms with Gasteiger partial charge >= 0.3 is 0 Å². The van der Waals surface area contributed by atoms with Gasteiger partial charge in [0.25, 0.3) is 0 Å². The smallest absolute Gasteiger partial charge is 0.163 e. The van der Waals surface area contributed by atoms with E-state index < -0.39 is 11.7 Å². The number of fused-ring (bicyclic) bond motifs is 1. The first-order chi connectivity index (χ1) is 19.0. The number of aromatic nitrogens is 3. The van der Waals surface area contributed by atoms with Gasteiger partial charge in [0, 0.05) is 39.7 Å². The van der Waals surface area contributed by atoms with Crippen molar-refractivity contribution in [2.24, 2.45) is 0 Å². The molecule has 0 spiro atoms. The summed E-state index contributed by atoms with van der Waals surface area (Å²) in [5.41, 5.74) is 6.57. The molecular weight excluding hydrogens is 542 g/mol. The van der Waals surface area contributed by atoms with Crippen LogP contribution in [0, 0.1) is 6.92 Å². The van der Waals surface area contributed by atoms with Crippen molar-refractivity contribution in [2.75, 3.05) is 7.11 Å². The zero-order valence-corrected chi connectivity index (χ0v) is 24.9. The van der Waals surface area contributed by atoms with E-state index in [1.807, 2.05) is 76.2 Å². The number of nitrogens with zero attached hydrogens (tertiary/aromatic N) is 3. The number of benzene rings is 2. The lowest BCUT2D eigenvalue weighted by Gasteiger charge is -2.29. The summed E-state index contributed by atoms with van der Waals surface area (Å²) in [6.45, 7) is 9.47. The molecule has 0 saturated carbocycles. The summed E-state index contributed by atoms with van der Waals surface area (Å²) >= 11 is 7.83. The molecule has 1 atom stereocenters. The first-order valence-electron chi connectivity index (χ1n) is 12.9. The second-order valence-corrected chi connectivity index (χ2v) is 12.1. The van der Waals surface area contributed by atoms with Crippen LogP contribution >= 0.6 is 22.9 Å².